The molecule has 1 aromatic rings. The van der Waals surface area contributed by atoms with Gasteiger partial charge in [0.2, 0.25) is 0 Å². The lowest BCUT2D eigenvalue weighted by Gasteiger charge is -2.34. The van der Waals surface area contributed by atoms with Crippen molar-refractivity contribution in [2.24, 2.45) is 0 Å². The molecule has 75 valence electrons. The minimum Gasteiger partial charge on any atom is -0.369 e. The Hall–Kier alpha value is -1.02. The Kier molecular flexibility index (Phi) is 2.73. The third-order valence-electron chi connectivity index (χ3n) is 2.78. The molecule has 0 N–H and O–H groups in total. The first-order valence-corrected chi connectivity index (χ1v) is 5.11. The summed E-state index contributed by atoms with van der Waals surface area (Å²) in [4.78, 5) is 4.79. The molecule has 1 aliphatic rings. The first-order valence-electron chi connectivity index (χ1n) is 5.11. The van der Waals surface area contributed by atoms with Crippen molar-refractivity contribution >= 4 is 5.69 Å². The SMILES string of the molecule is [CH2]c1cccc(N2CCN(C)CC2)c1. The number of hydrogen-bond acceptors (Lipinski definition) is 2. The number of anilines is 1. The van der Waals surface area contributed by atoms with Crippen LogP contribution in [0, 0.1) is 6.92 Å². The minimum atomic E-state index is 1.10. The van der Waals surface area contributed by atoms with Crippen LogP contribution in [0.25, 0.3) is 0 Å². The van der Waals surface area contributed by atoms with Gasteiger partial charge in [-0.15, -0.1) is 0 Å². The largest absolute Gasteiger partial charge is 0.369 e. The zero-order valence-electron chi connectivity index (χ0n) is 8.74. The molecule has 1 radical (unpaired) electrons. The van der Waals surface area contributed by atoms with Gasteiger partial charge in [0, 0.05) is 31.9 Å². The van der Waals surface area contributed by atoms with E-state index in [0.29, 0.717) is 0 Å². The molecule has 2 rings (SSSR count). The molecule has 1 heterocycles. The second-order valence-corrected chi connectivity index (χ2v) is 3.96. The van der Waals surface area contributed by atoms with E-state index in [0.717, 1.165) is 31.7 Å². The van der Waals surface area contributed by atoms with Gasteiger partial charge in [0.05, 0.1) is 0 Å². The number of hydrogen-bond donors (Lipinski definition) is 0. The lowest BCUT2D eigenvalue weighted by Crippen LogP contribution is -2.44. The Morgan fingerprint density at radius 1 is 1.14 bits per heavy atom. The molecule has 14 heavy (non-hydrogen) atoms. The van der Waals surface area contributed by atoms with Gasteiger partial charge in [-0.05, 0) is 31.7 Å². The average molecular weight is 189 g/mol. The molecular formula is C12H17N2. The van der Waals surface area contributed by atoms with Gasteiger partial charge in [0.15, 0.2) is 0 Å². The fraction of sp³-hybridized carbons (Fsp3) is 0.417. The van der Waals surface area contributed by atoms with E-state index in [1.54, 1.807) is 0 Å². The molecule has 0 bridgehead atoms. The van der Waals surface area contributed by atoms with E-state index in [1.165, 1.54) is 5.69 Å². The molecule has 0 spiro atoms. The van der Waals surface area contributed by atoms with Crippen molar-refractivity contribution in [1.29, 1.82) is 0 Å². The molecule has 2 heteroatoms. The van der Waals surface area contributed by atoms with Gasteiger partial charge in [-0.2, -0.15) is 0 Å². The monoisotopic (exact) mass is 189 g/mol. The fourth-order valence-electron chi connectivity index (χ4n) is 1.82. The average Bonchev–Trinajstić information content (AvgIpc) is 2.19. The summed E-state index contributed by atoms with van der Waals surface area (Å²) < 4.78 is 0. The van der Waals surface area contributed by atoms with Gasteiger partial charge in [-0.25, -0.2) is 0 Å². The standard InChI is InChI=1S/C12H17N2/c1-11-4-3-5-12(10-11)14-8-6-13(2)7-9-14/h3-5,10H,1,6-9H2,2H3. The summed E-state index contributed by atoms with van der Waals surface area (Å²) in [6.07, 6.45) is 0. The van der Waals surface area contributed by atoms with E-state index >= 15 is 0 Å². The van der Waals surface area contributed by atoms with Crippen molar-refractivity contribution in [2.45, 2.75) is 0 Å². The predicted octanol–water partition coefficient (Wildman–Crippen LogP) is 1.62. The molecule has 1 aliphatic heterocycles. The molecule has 0 aliphatic carbocycles. The normalized spacial score (nSPS) is 18.6. The summed E-state index contributed by atoms with van der Waals surface area (Å²) >= 11 is 0. The molecule has 0 unspecified atom stereocenters. The van der Waals surface area contributed by atoms with Crippen LogP contribution in [0.4, 0.5) is 5.69 Å². The quantitative estimate of drug-likeness (QED) is 0.662. The molecular weight excluding hydrogens is 172 g/mol. The first-order chi connectivity index (χ1) is 6.75. The van der Waals surface area contributed by atoms with Crippen LogP contribution in [0.15, 0.2) is 24.3 Å². The fourth-order valence-corrected chi connectivity index (χ4v) is 1.82. The highest BCUT2D eigenvalue weighted by atomic mass is 15.2. The minimum absolute atomic E-state index is 1.10. The van der Waals surface area contributed by atoms with Crippen LogP contribution in [0.5, 0.6) is 0 Å². The molecule has 1 aromatic carbocycles. The van der Waals surface area contributed by atoms with Crippen LogP contribution in [0.3, 0.4) is 0 Å². The molecule has 0 saturated carbocycles. The highest BCUT2D eigenvalue weighted by molar-refractivity contribution is 5.49. The van der Waals surface area contributed by atoms with Crippen LogP contribution in [-0.2, 0) is 0 Å². The number of benzene rings is 1. The highest BCUT2D eigenvalue weighted by Crippen LogP contribution is 2.17. The van der Waals surface area contributed by atoms with Crippen LogP contribution >= 0.6 is 0 Å². The van der Waals surface area contributed by atoms with Gasteiger partial charge in [-0.3, -0.25) is 0 Å². The first kappa shape index (κ1) is 9.53. The van der Waals surface area contributed by atoms with E-state index in [9.17, 15) is 0 Å². The summed E-state index contributed by atoms with van der Waals surface area (Å²) in [5, 5.41) is 0. The number of piperazine rings is 1. The molecule has 2 nitrogen and oxygen atoms in total. The molecule has 0 aromatic heterocycles. The maximum absolute atomic E-state index is 3.95. The van der Waals surface area contributed by atoms with Gasteiger partial charge in [-0.1, -0.05) is 12.1 Å². The van der Waals surface area contributed by atoms with Crippen molar-refractivity contribution < 1.29 is 0 Å². The van der Waals surface area contributed by atoms with Gasteiger partial charge in [0.1, 0.15) is 0 Å². The molecule has 0 atom stereocenters. The van der Waals surface area contributed by atoms with E-state index in [2.05, 4.69) is 42.0 Å². The van der Waals surface area contributed by atoms with Crippen molar-refractivity contribution in [3.8, 4) is 0 Å². The molecule has 1 saturated heterocycles. The van der Waals surface area contributed by atoms with Crippen molar-refractivity contribution in [2.75, 3.05) is 38.1 Å². The smallest absolute Gasteiger partial charge is 0.0369 e. The van der Waals surface area contributed by atoms with Crippen molar-refractivity contribution in [1.82, 2.24) is 4.90 Å². The van der Waals surface area contributed by atoms with E-state index in [1.807, 2.05) is 6.07 Å². The Morgan fingerprint density at radius 2 is 1.86 bits per heavy atom. The van der Waals surface area contributed by atoms with Crippen molar-refractivity contribution in [3.05, 3.63) is 36.8 Å². The second kappa shape index (κ2) is 4.01. The van der Waals surface area contributed by atoms with Gasteiger partial charge in [0.25, 0.3) is 0 Å². The predicted molar refractivity (Wildman–Crippen MR) is 60.6 cm³/mol. The third kappa shape index (κ3) is 2.07. The zero-order valence-corrected chi connectivity index (χ0v) is 8.74. The summed E-state index contributed by atoms with van der Waals surface area (Å²) in [7, 11) is 2.18. The van der Waals surface area contributed by atoms with E-state index < -0.39 is 0 Å². The molecule has 0 amide bonds. The lowest BCUT2D eigenvalue weighted by molar-refractivity contribution is 0.313. The number of rotatable bonds is 1. The van der Waals surface area contributed by atoms with Crippen molar-refractivity contribution in [3.63, 3.8) is 0 Å². The van der Waals surface area contributed by atoms with E-state index in [-0.39, 0.29) is 0 Å². The second-order valence-electron chi connectivity index (χ2n) is 3.96. The number of likely N-dealkylation sites (N-methyl/N-ethyl adjacent to an activating group) is 1. The summed E-state index contributed by atoms with van der Waals surface area (Å²) in [6, 6.07) is 8.45. The Balaban J connectivity index is 2.08. The zero-order chi connectivity index (χ0) is 9.97. The maximum atomic E-state index is 3.95. The maximum Gasteiger partial charge on any atom is 0.0369 e. The van der Waals surface area contributed by atoms with Crippen LogP contribution < -0.4 is 4.90 Å². The topological polar surface area (TPSA) is 6.48 Å². The Morgan fingerprint density at radius 3 is 2.50 bits per heavy atom. The lowest BCUT2D eigenvalue weighted by atomic mass is 10.2. The highest BCUT2D eigenvalue weighted by Gasteiger charge is 2.13. The Labute approximate surface area is 86.1 Å². The molecule has 1 fully saturated rings. The van der Waals surface area contributed by atoms with Crippen LogP contribution in [0.1, 0.15) is 5.56 Å². The Bertz CT molecular complexity index is 301. The number of nitrogens with zero attached hydrogens (tertiary/aromatic N) is 2. The summed E-state index contributed by atoms with van der Waals surface area (Å²) in [5.74, 6) is 0. The van der Waals surface area contributed by atoms with Crippen LogP contribution in [0.2, 0.25) is 0 Å². The van der Waals surface area contributed by atoms with E-state index in [4.69, 9.17) is 0 Å². The summed E-state index contributed by atoms with van der Waals surface area (Å²) in [6.45, 7) is 8.51. The third-order valence-corrected chi connectivity index (χ3v) is 2.78. The van der Waals surface area contributed by atoms with Gasteiger partial charge < -0.3 is 9.80 Å². The van der Waals surface area contributed by atoms with Crippen LogP contribution in [-0.4, -0.2) is 38.1 Å². The summed E-state index contributed by atoms with van der Waals surface area (Å²) in [5.41, 5.74) is 2.41. The van der Waals surface area contributed by atoms with Gasteiger partial charge >= 0.3 is 0 Å².